The van der Waals surface area contributed by atoms with Gasteiger partial charge in [0.15, 0.2) is 18.9 Å². The van der Waals surface area contributed by atoms with E-state index in [-0.39, 0.29) is 18.9 Å². The van der Waals surface area contributed by atoms with Gasteiger partial charge in [0.1, 0.15) is 73.2 Å². The van der Waals surface area contributed by atoms with Crippen LogP contribution in [0.1, 0.15) is 258 Å². The molecule has 3 aliphatic rings. The molecule has 17 atom stereocenters. The molecule has 0 spiro atoms. The van der Waals surface area contributed by atoms with Crippen molar-refractivity contribution in [1.82, 2.24) is 5.32 Å². The summed E-state index contributed by atoms with van der Waals surface area (Å²) >= 11 is 0. The first-order chi connectivity index (χ1) is 43.3. The van der Waals surface area contributed by atoms with Crippen molar-refractivity contribution < 1.29 is 89.4 Å². The lowest BCUT2D eigenvalue weighted by molar-refractivity contribution is -0.379. The minimum Gasteiger partial charge on any atom is -0.394 e. The van der Waals surface area contributed by atoms with E-state index in [1.165, 1.54) is 161 Å². The summed E-state index contributed by atoms with van der Waals surface area (Å²) in [6.45, 7) is 1.74. The highest BCUT2D eigenvalue weighted by Crippen LogP contribution is 2.33. The number of carbonyl (C=O) groups excluding carboxylic acids is 1. The molecular formula is C70H127NO18. The van der Waals surface area contributed by atoms with Crippen molar-refractivity contribution in [2.45, 2.75) is 362 Å². The van der Waals surface area contributed by atoms with Gasteiger partial charge in [0.05, 0.1) is 38.6 Å². The van der Waals surface area contributed by atoms with E-state index in [9.17, 15) is 61.0 Å². The van der Waals surface area contributed by atoms with Gasteiger partial charge in [-0.2, -0.15) is 0 Å². The number of hydrogen-bond acceptors (Lipinski definition) is 18. The van der Waals surface area contributed by atoms with E-state index in [0.29, 0.717) is 6.42 Å². The summed E-state index contributed by atoms with van der Waals surface area (Å²) in [5.41, 5.74) is 0. The highest BCUT2D eigenvalue weighted by atomic mass is 16.8. The van der Waals surface area contributed by atoms with Gasteiger partial charge >= 0.3 is 0 Å². The molecule has 0 aliphatic carbocycles. The largest absolute Gasteiger partial charge is 0.394 e. The van der Waals surface area contributed by atoms with Crippen LogP contribution in [0.4, 0.5) is 0 Å². The molecule has 12 N–H and O–H groups in total. The summed E-state index contributed by atoms with van der Waals surface area (Å²) in [5.74, 6) is -0.282. The van der Waals surface area contributed by atoms with Crippen LogP contribution in [0.25, 0.3) is 0 Å². The first-order valence-electron chi connectivity index (χ1n) is 35.4. The quantitative estimate of drug-likeness (QED) is 0.0199. The molecule has 3 aliphatic heterocycles. The predicted molar refractivity (Wildman–Crippen MR) is 346 cm³/mol. The van der Waals surface area contributed by atoms with Crippen LogP contribution in [-0.4, -0.2) is 193 Å². The number of nitrogens with one attached hydrogen (secondary N) is 1. The Kier molecular flexibility index (Phi) is 47.4. The maximum atomic E-state index is 13.4. The average Bonchev–Trinajstić information content (AvgIpc) is 2.09. The number of amides is 1. The number of unbranched alkanes of at least 4 members (excludes halogenated alkanes) is 32. The Morgan fingerprint density at radius 2 is 0.742 bits per heavy atom. The Hall–Kier alpha value is -2.25. The predicted octanol–water partition coefficient (Wildman–Crippen LogP) is 9.39. The summed E-state index contributed by atoms with van der Waals surface area (Å²) in [4.78, 5) is 13.4. The molecule has 0 aromatic carbocycles. The lowest BCUT2D eigenvalue weighted by Gasteiger charge is -2.48. The third kappa shape index (κ3) is 34.1. The van der Waals surface area contributed by atoms with Crippen LogP contribution in [0.5, 0.6) is 0 Å². The minimum absolute atomic E-state index is 0.234. The molecule has 0 saturated carbocycles. The molecule has 3 rings (SSSR count). The molecule has 17 unspecified atom stereocenters. The molecule has 89 heavy (non-hydrogen) atoms. The van der Waals surface area contributed by atoms with Crippen molar-refractivity contribution in [3.05, 3.63) is 48.6 Å². The van der Waals surface area contributed by atoms with Gasteiger partial charge in [-0.05, 0) is 57.8 Å². The lowest BCUT2D eigenvalue weighted by atomic mass is 9.96. The van der Waals surface area contributed by atoms with E-state index in [1.807, 2.05) is 6.08 Å². The molecular weight excluding hydrogens is 1140 g/mol. The monoisotopic (exact) mass is 1270 g/mol. The SMILES string of the molecule is CCCCCCC/C=C\C/C=C\C/C=C\CCCCCCCCCCC(=O)NC(COC1OC(CO)C(OC2OC(CO)C(OC3OC(CO)C(O)C(O)C3O)C(O)C2O)C(O)C1O)C(O)/C=C/CCCCCCCCCCCCCCCCCCCCC. The number of rotatable bonds is 54. The fourth-order valence-electron chi connectivity index (χ4n) is 11.8. The van der Waals surface area contributed by atoms with Crippen molar-refractivity contribution in [3.63, 3.8) is 0 Å². The summed E-state index contributed by atoms with van der Waals surface area (Å²) < 4.78 is 34.4. The molecule has 1 amide bonds. The van der Waals surface area contributed by atoms with Gasteiger partial charge in [-0.25, -0.2) is 0 Å². The van der Waals surface area contributed by atoms with E-state index >= 15 is 0 Å². The number of hydrogen-bond donors (Lipinski definition) is 12. The van der Waals surface area contributed by atoms with Gasteiger partial charge in [0.2, 0.25) is 5.91 Å². The van der Waals surface area contributed by atoms with E-state index in [2.05, 4.69) is 55.6 Å². The van der Waals surface area contributed by atoms with Gasteiger partial charge in [-0.1, -0.05) is 242 Å². The highest BCUT2D eigenvalue weighted by Gasteiger charge is 2.53. The van der Waals surface area contributed by atoms with E-state index in [1.54, 1.807) is 6.08 Å². The first-order valence-corrected chi connectivity index (χ1v) is 35.4. The van der Waals surface area contributed by atoms with E-state index < -0.39 is 124 Å². The smallest absolute Gasteiger partial charge is 0.220 e. The van der Waals surface area contributed by atoms with Crippen LogP contribution >= 0.6 is 0 Å². The van der Waals surface area contributed by atoms with Gasteiger partial charge in [0.25, 0.3) is 0 Å². The Labute approximate surface area is 535 Å². The maximum absolute atomic E-state index is 13.4. The van der Waals surface area contributed by atoms with Gasteiger partial charge < -0.3 is 89.9 Å². The van der Waals surface area contributed by atoms with Crippen LogP contribution in [-0.2, 0) is 33.2 Å². The molecule has 3 fully saturated rings. The van der Waals surface area contributed by atoms with Crippen molar-refractivity contribution >= 4 is 5.91 Å². The third-order valence-electron chi connectivity index (χ3n) is 17.6. The molecule has 0 aromatic rings. The Morgan fingerprint density at radius 3 is 1.16 bits per heavy atom. The fraction of sp³-hybridized carbons (Fsp3) is 0.871. The van der Waals surface area contributed by atoms with Crippen molar-refractivity contribution in [3.8, 4) is 0 Å². The second kappa shape index (κ2) is 52.1. The Bertz CT molecular complexity index is 1800. The summed E-state index contributed by atoms with van der Waals surface area (Å²) in [6, 6.07) is -0.979. The number of aliphatic hydroxyl groups excluding tert-OH is 11. The molecule has 3 heterocycles. The second-order valence-electron chi connectivity index (χ2n) is 25.3. The Morgan fingerprint density at radius 1 is 0.404 bits per heavy atom. The second-order valence-corrected chi connectivity index (χ2v) is 25.3. The van der Waals surface area contributed by atoms with Crippen molar-refractivity contribution in [2.24, 2.45) is 0 Å². The van der Waals surface area contributed by atoms with E-state index in [0.717, 1.165) is 70.6 Å². The first kappa shape index (κ1) is 81.0. The normalized spacial score (nSPS) is 28.5. The number of carbonyl (C=O) groups is 1. The number of ether oxygens (including phenoxy) is 6. The summed E-state index contributed by atoms with van der Waals surface area (Å²) in [7, 11) is 0. The number of allylic oxidation sites excluding steroid dienone is 7. The summed E-state index contributed by atoms with van der Waals surface area (Å²) in [5, 5.41) is 121. The van der Waals surface area contributed by atoms with Gasteiger partial charge in [-0.15, -0.1) is 0 Å². The zero-order valence-corrected chi connectivity index (χ0v) is 54.9. The zero-order chi connectivity index (χ0) is 64.7. The van der Waals surface area contributed by atoms with Crippen LogP contribution < -0.4 is 5.32 Å². The standard InChI is InChI=1S/C70H127NO18/c1-3-5-7-9-11-13-15-17-19-21-23-25-26-28-30-32-34-36-38-40-42-44-46-48-58(76)71-53(54(75)47-45-43-41-39-37-35-33-31-29-27-24-22-20-18-16-14-12-10-8-6-4-2)52-84-68-64(82)61(79)66(56(50-73)86-68)89-70-65(83)62(80)67(57(51-74)87-70)88-69-63(81)60(78)59(77)55(49-72)85-69/h15,17,21,23,26,28,45,47,53-57,59-70,72-75,77-83H,3-14,16,18-20,22,24-25,27,29-44,46,48-52H2,1-2H3,(H,71,76)/b17-15-,23-21-,28-26-,47-45+. The topological polar surface area (TPSA) is 307 Å². The van der Waals surface area contributed by atoms with Crippen LogP contribution in [0.15, 0.2) is 48.6 Å². The van der Waals surface area contributed by atoms with Gasteiger partial charge in [0, 0.05) is 6.42 Å². The molecule has 0 aromatic heterocycles. The summed E-state index contributed by atoms with van der Waals surface area (Å²) in [6.07, 6.45) is 35.0. The maximum Gasteiger partial charge on any atom is 0.220 e. The van der Waals surface area contributed by atoms with Crippen molar-refractivity contribution in [1.29, 1.82) is 0 Å². The molecule has 19 nitrogen and oxygen atoms in total. The van der Waals surface area contributed by atoms with Crippen LogP contribution in [0.2, 0.25) is 0 Å². The van der Waals surface area contributed by atoms with Crippen molar-refractivity contribution in [2.75, 3.05) is 26.4 Å². The molecule has 520 valence electrons. The molecule has 0 radical (unpaired) electrons. The van der Waals surface area contributed by atoms with Gasteiger partial charge in [-0.3, -0.25) is 4.79 Å². The van der Waals surface area contributed by atoms with Crippen LogP contribution in [0, 0.1) is 0 Å². The molecule has 0 bridgehead atoms. The highest BCUT2D eigenvalue weighted by molar-refractivity contribution is 5.76. The molecule has 19 heteroatoms. The third-order valence-corrected chi connectivity index (χ3v) is 17.6. The average molecular weight is 1270 g/mol. The fourth-order valence-corrected chi connectivity index (χ4v) is 11.8. The minimum atomic E-state index is -1.98. The number of aliphatic hydroxyl groups is 11. The van der Waals surface area contributed by atoms with Crippen LogP contribution in [0.3, 0.4) is 0 Å². The molecule has 3 saturated heterocycles. The Balaban J connectivity index is 1.45. The lowest BCUT2D eigenvalue weighted by Crippen LogP contribution is -2.66. The zero-order valence-electron chi connectivity index (χ0n) is 54.9. The van der Waals surface area contributed by atoms with E-state index in [4.69, 9.17) is 28.4 Å².